The number of carbonyl (C=O) groups excluding carboxylic acids is 1. The number of nitrogens with one attached hydrogen (secondary N) is 2. The maximum Gasteiger partial charge on any atom is 0.222 e. The highest BCUT2D eigenvalue weighted by atomic mass is 16.5. The van der Waals surface area contributed by atoms with E-state index in [0.29, 0.717) is 19.6 Å². The van der Waals surface area contributed by atoms with Crippen LogP contribution in [0.5, 0.6) is 5.75 Å². The van der Waals surface area contributed by atoms with Gasteiger partial charge >= 0.3 is 0 Å². The van der Waals surface area contributed by atoms with Gasteiger partial charge in [0.2, 0.25) is 5.91 Å². The van der Waals surface area contributed by atoms with Crippen molar-refractivity contribution in [3.8, 4) is 5.75 Å². The van der Waals surface area contributed by atoms with Crippen LogP contribution < -0.4 is 15.4 Å². The van der Waals surface area contributed by atoms with Gasteiger partial charge in [0.1, 0.15) is 5.75 Å². The smallest absolute Gasteiger partial charge is 0.222 e. The van der Waals surface area contributed by atoms with Crippen LogP contribution in [-0.2, 0) is 4.79 Å². The fourth-order valence-corrected chi connectivity index (χ4v) is 1.66. The summed E-state index contributed by atoms with van der Waals surface area (Å²) in [6, 6.07) is 7.32. The first-order chi connectivity index (χ1) is 9.54. The van der Waals surface area contributed by atoms with Gasteiger partial charge in [-0.1, -0.05) is 26.0 Å². The Morgan fingerprint density at radius 3 is 2.45 bits per heavy atom. The molecule has 0 spiro atoms. The number of aliphatic hydroxyl groups excluding tert-OH is 1. The van der Waals surface area contributed by atoms with Gasteiger partial charge in [0.05, 0.1) is 13.2 Å². The van der Waals surface area contributed by atoms with Crippen molar-refractivity contribution in [3.63, 3.8) is 0 Å². The van der Waals surface area contributed by atoms with Gasteiger partial charge in [-0.15, -0.1) is 0 Å². The normalized spacial score (nSPS) is 12.2. The van der Waals surface area contributed by atoms with E-state index in [-0.39, 0.29) is 11.8 Å². The first kappa shape index (κ1) is 16.5. The summed E-state index contributed by atoms with van der Waals surface area (Å²) in [5.41, 5.74) is 0.838. The van der Waals surface area contributed by atoms with E-state index in [1.165, 1.54) is 0 Å². The Morgan fingerprint density at radius 1 is 1.25 bits per heavy atom. The van der Waals surface area contributed by atoms with Crippen molar-refractivity contribution in [1.29, 1.82) is 0 Å². The van der Waals surface area contributed by atoms with E-state index in [2.05, 4.69) is 10.6 Å². The van der Waals surface area contributed by atoms with Crippen LogP contribution in [0.2, 0.25) is 0 Å². The van der Waals surface area contributed by atoms with E-state index in [1.54, 1.807) is 7.11 Å². The fourth-order valence-electron chi connectivity index (χ4n) is 1.66. The highest BCUT2D eigenvalue weighted by Gasteiger charge is 2.08. The summed E-state index contributed by atoms with van der Waals surface area (Å²) < 4.78 is 5.07. The van der Waals surface area contributed by atoms with E-state index in [0.717, 1.165) is 11.3 Å². The van der Waals surface area contributed by atoms with Crippen LogP contribution in [0.25, 0.3) is 0 Å². The Hall–Kier alpha value is -1.59. The summed E-state index contributed by atoms with van der Waals surface area (Å²) in [7, 11) is 1.61. The first-order valence-corrected chi connectivity index (χ1v) is 6.85. The molecule has 20 heavy (non-hydrogen) atoms. The molecule has 1 amide bonds. The van der Waals surface area contributed by atoms with E-state index in [9.17, 15) is 9.90 Å². The minimum Gasteiger partial charge on any atom is -0.497 e. The van der Waals surface area contributed by atoms with Gasteiger partial charge in [0.25, 0.3) is 0 Å². The molecule has 0 bridgehead atoms. The number of hydrogen-bond acceptors (Lipinski definition) is 4. The largest absolute Gasteiger partial charge is 0.497 e. The summed E-state index contributed by atoms with van der Waals surface area (Å²) in [6.45, 7) is 5.36. The third kappa shape index (κ3) is 5.59. The molecule has 0 aliphatic heterocycles. The molecule has 0 unspecified atom stereocenters. The van der Waals surface area contributed by atoms with Crippen LogP contribution in [-0.4, -0.2) is 37.8 Å². The lowest BCUT2D eigenvalue weighted by Crippen LogP contribution is -2.35. The fraction of sp³-hybridized carbons (Fsp3) is 0.533. The number of benzene rings is 1. The molecule has 0 aliphatic rings. The second kappa shape index (κ2) is 8.55. The predicted molar refractivity (Wildman–Crippen MR) is 78.7 cm³/mol. The number of rotatable bonds is 8. The van der Waals surface area contributed by atoms with Crippen LogP contribution in [0, 0.1) is 5.92 Å². The van der Waals surface area contributed by atoms with Gasteiger partial charge in [0.15, 0.2) is 0 Å². The zero-order valence-corrected chi connectivity index (χ0v) is 12.3. The molecule has 0 radical (unpaired) electrons. The molecule has 1 atom stereocenters. The Morgan fingerprint density at radius 2 is 1.90 bits per heavy atom. The van der Waals surface area contributed by atoms with Crippen LogP contribution in [0.4, 0.5) is 0 Å². The lowest BCUT2D eigenvalue weighted by Gasteiger charge is -2.13. The van der Waals surface area contributed by atoms with Crippen LogP contribution in [0.15, 0.2) is 24.3 Å². The van der Waals surface area contributed by atoms with Crippen molar-refractivity contribution >= 4 is 5.91 Å². The summed E-state index contributed by atoms with van der Waals surface area (Å²) in [4.78, 5) is 11.3. The molecule has 0 saturated heterocycles. The maximum absolute atomic E-state index is 11.3. The summed E-state index contributed by atoms with van der Waals surface area (Å²) in [6.07, 6.45) is -0.568. The molecule has 0 heterocycles. The van der Waals surface area contributed by atoms with E-state index < -0.39 is 6.10 Å². The molecule has 112 valence electrons. The topological polar surface area (TPSA) is 70.6 Å². The molecule has 5 nitrogen and oxygen atoms in total. The van der Waals surface area contributed by atoms with Gasteiger partial charge in [-0.3, -0.25) is 4.79 Å². The van der Waals surface area contributed by atoms with Crippen LogP contribution in [0.1, 0.15) is 25.5 Å². The molecule has 3 N–H and O–H groups in total. The minimum atomic E-state index is -0.568. The third-order valence-electron chi connectivity index (χ3n) is 2.96. The molecule has 0 aromatic heterocycles. The minimum absolute atomic E-state index is 0.000102. The van der Waals surface area contributed by atoms with Gasteiger partial charge in [-0.05, 0) is 17.7 Å². The highest BCUT2D eigenvalue weighted by Crippen LogP contribution is 2.16. The van der Waals surface area contributed by atoms with Gasteiger partial charge in [0, 0.05) is 25.6 Å². The molecular weight excluding hydrogens is 256 g/mol. The summed E-state index contributed by atoms with van der Waals surface area (Å²) >= 11 is 0. The number of amides is 1. The van der Waals surface area contributed by atoms with E-state index in [1.807, 2.05) is 38.1 Å². The van der Waals surface area contributed by atoms with Crippen molar-refractivity contribution < 1.29 is 14.6 Å². The zero-order valence-electron chi connectivity index (χ0n) is 12.3. The Kier molecular flexibility index (Phi) is 7.04. The van der Waals surface area contributed by atoms with Crippen LogP contribution in [0.3, 0.4) is 0 Å². The molecule has 1 aromatic carbocycles. The van der Waals surface area contributed by atoms with Crippen molar-refractivity contribution in [2.45, 2.75) is 20.0 Å². The monoisotopic (exact) mass is 280 g/mol. The number of carbonyl (C=O) groups is 1. The number of ether oxygens (including phenoxy) is 1. The first-order valence-electron chi connectivity index (χ1n) is 6.85. The Balaban J connectivity index is 2.22. The van der Waals surface area contributed by atoms with Crippen molar-refractivity contribution in [1.82, 2.24) is 10.6 Å². The standard InChI is InChI=1S/C15H24N2O3/c1-11(2)15(19)17-9-8-16-10-14(18)12-4-6-13(20-3)7-5-12/h4-7,11,14,16,18H,8-10H2,1-3H3,(H,17,19)/t14-/m1/s1. The van der Waals surface area contributed by atoms with Crippen LogP contribution >= 0.6 is 0 Å². The Labute approximate surface area is 120 Å². The summed E-state index contributed by atoms with van der Waals surface area (Å²) in [5.74, 6) is 0.813. The second-order valence-corrected chi connectivity index (χ2v) is 4.94. The lowest BCUT2D eigenvalue weighted by molar-refractivity contribution is -0.123. The third-order valence-corrected chi connectivity index (χ3v) is 2.96. The average molecular weight is 280 g/mol. The average Bonchev–Trinajstić information content (AvgIpc) is 2.46. The second-order valence-electron chi connectivity index (χ2n) is 4.94. The van der Waals surface area contributed by atoms with Crippen molar-refractivity contribution in [3.05, 3.63) is 29.8 Å². The molecule has 1 aromatic rings. The lowest BCUT2D eigenvalue weighted by atomic mass is 10.1. The maximum atomic E-state index is 11.3. The molecule has 5 heteroatoms. The quantitative estimate of drug-likeness (QED) is 0.623. The molecule has 0 saturated carbocycles. The Bertz CT molecular complexity index is 404. The van der Waals surface area contributed by atoms with Crippen molar-refractivity contribution in [2.75, 3.05) is 26.7 Å². The van der Waals surface area contributed by atoms with Crippen molar-refractivity contribution in [2.24, 2.45) is 5.92 Å². The molecular formula is C15H24N2O3. The van der Waals surface area contributed by atoms with E-state index in [4.69, 9.17) is 4.74 Å². The number of methoxy groups -OCH3 is 1. The molecule has 0 fully saturated rings. The van der Waals surface area contributed by atoms with Gasteiger partial charge in [-0.25, -0.2) is 0 Å². The van der Waals surface area contributed by atoms with E-state index >= 15 is 0 Å². The SMILES string of the molecule is COc1ccc([C@H](O)CNCCNC(=O)C(C)C)cc1. The molecule has 0 aliphatic carbocycles. The summed E-state index contributed by atoms with van der Waals surface area (Å²) in [5, 5.41) is 15.9. The predicted octanol–water partition coefficient (Wildman–Crippen LogP) is 1.09. The number of aliphatic hydroxyl groups is 1. The molecule has 1 rings (SSSR count). The van der Waals surface area contributed by atoms with Gasteiger partial charge in [-0.2, -0.15) is 0 Å². The zero-order chi connectivity index (χ0) is 15.0. The number of hydrogen-bond donors (Lipinski definition) is 3. The van der Waals surface area contributed by atoms with Gasteiger partial charge < -0.3 is 20.5 Å². The highest BCUT2D eigenvalue weighted by molar-refractivity contribution is 5.77.